The Morgan fingerprint density at radius 3 is 2.91 bits per heavy atom. The number of imidazole rings is 1. The van der Waals surface area contributed by atoms with E-state index >= 15 is 0 Å². The van der Waals surface area contributed by atoms with Gasteiger partial charge in [0.15, 0.2) is 0 Å². The van der Waals surface area contributed by atoms with Crippen molar-refractivity contribution in [1.82, 2.24) is 19.5 Å². The highest BCUT2D eigenvalue weighted by molar-refractivity contribution is 7.13. The first-order chi connectivity index (χ1) is 16.6. The number of aromatic amines is 1. The summed E-state index contributed by atoms with van der Waals surface area (Å²) in [5.74, 6) is 0.843. The van der Waals surface area contributed by atoms with Crippen LogP contribution in [0.2, 0.25) is 0 Å². The second-order valence-electron chi connectivity index (χ2n) is 8.02. The Morgan fingerprint density at radius 2 is 2.06 bits per heavy atom. The van der Waals surface area contributed by atoms with Crippen molar-refractivity contribution in [3.05, 3.63) is 82.6 Å². The molecule has 8 nitrogen and oxygen atoms in total. The molecule has 3 aromatic heterocycles. The second kappa shape index (κ2) is 7.96. The standard InChI is InChI=1S/C25H19N5O3S/c1-30-20-6-4-15(22(31)17-3-2-9-26-17)12-18(20)28-25(30)29-23(32)19-13-34-24(27-19)16-5-7-21-14(11-16)8-10-33-21/h2-7,9,11-13,26H,8,10H2,1H3,(H,28,29,32). The fraction of sp³-hybridized carbons (Fsp3) is 0.120. The molecule has 2 N–H and O–H groups in total. The Hall–Kier alpha value is -4.24. The summed E-state index contributed by atoms with van der Waals surface area (Å²) < 4.78 is 7.35. The largest absolute Gasteiger partial charge is 0.493 e. The smallest absolute Gasteiger partial charge is 0.277 e. The van der Waals surface area contributed by atoms with Gasteiger partial charge in [-0.2, -0.15) is 0 Å². The number of ketones is 1. The number of fused-ring (bicyclic) bond motifs is 2. The lowest BCUT2D eigenvalue weighted by molar-refractivity contribution is 0.101. The van der Waals surface area contributed by atoms with Gasteiger partial charge in [0, 0.05) is 36.2 Å². The molecule has 0 atom stereocenters. The first-order valence-corrected chi connectivity index (χ1v) is 11.6. The number of anilines is 1. The van der Waals surface area contributed by atoms with Gasteiger partial charge in [0.1, 0.15) is 16.5 Å². The van der Waals surface area contributed by atoms with E-state index in [1.54, 1.807) is 40.4 Å². The number of hydrogen-bond acceptors (Lipinski definition) is 6. The SMILES string of the molecule is Cn1c(NC(=O)c2csc(-c3ccc4c(c3)CCO4)n2)nc2cc(C(=O)c3ccc[nH]3)ccc21. The quantitative estimate of drug-likeness (QED) is 0.371. The molecule has 0 saturated heterocycles. The third-order valence-electron chi connectivity index (χ3n) is 5.88. The maximum atomic E-state index is 12.9. The molecule has 0 fully saturated rings. The summed E-state index contributed by atoms with van der Waals surface area (Å²) in [5.41, 5.74) is 4.91. The zero-order valence-corrected chi connectivity index (χ0v) is 19.0. The van der Waals surface area contributed by atoms with Gasteiger partial charge in [-0.05, 0) is 54.1 Å². The van der Waals surface area contributed by atoms with E-state index in [0.29, 0.717) is 35.0 Å². The molecule has 0 bridgehead atoms. The summed E-state index contributed by atoms with van der Waals surface area (Å²) in [4.78, 5) is 37.5. The molecule has 1 aliphatic heterocycles. The topological polar surface area (TPSA) is 102 Å². The van der Waals surface area contributed by atoms with Gasteiger partial charge in [-0.15, -0.1) is 11.3 Å². The van der Waals surface area contributed by atoms with E-state index in [1.807, 2.05) is 25.2 Å². The second-order valence-corrected chi connectivity index (χ2v) is 8.88. The highest BCUT2D eigenvalue weighted by Crippen LogP contribution is 2.32. The number of amides is 1. The molecule has 6 rings (SSSR count). The van der Waals surface area contributed by atoms with Gasteiger partial charge in [-0.1, -0.05) is 0 Å². The number of nitrogens with one attached hydrogen (secondary N) is 2. The molecule has 9 heteroatoms. The van der Waals surface area contributed by atoms with Gasteiger partial charge in [0.2, 0.25) is 11.7 Å². The van der Waals surface area contributed by atoms with Crippen LogP contribution in [0.15, 0.2) is 60.1 Å². The van der Waals surface area contributed by atoms with Gasteiger partial charge >= 0.3 is 0 Å². The van der Waals surface area contributed by atoms with Crippen molar-refractivity contribution in [3.63, 3.8) is 0 Å². The van der Waals surface area contributed by atoms with Crippen molar-refractivity contribution in [2.24, 2.45) is 7.05 Å². The van der Waals surface area contributed by atoms with Crippen LogP contribution in [0, 0.1) is 0 Å². The molecule has 1 amide bonds. The van der Waals surface area contributed by atoms with Gasteiger partial charge in [-0.3, -0.25) is 14.9 Å². The normalized spacial score (nSPS) is 12.5. The lowest BCUT2D eigenvalue weighted by atomic mass is 10.1. The number of thiazole rings is 1. The number of H-pyrrole nitrogens is 1. The number of benzene rings is 2. The predicted octanol–water partition coefficient (Wildman–Crippen LogP) is 4.44. The van der Waals surface area contributed by atoms with Crippen molar-refractivity contribution in [1.29, 1.82) is 0 Å². The number of rotatable bonds is 5. The van der Waals surface area contributed by atoms with Crippen LogP contribution < -0.4 is 10.1 Å². The summed E-state index contributed by atoms with van der Waals surface area (Å²) in [5, 5.41) is 5.36. The molecular weight excluding hydrogens is 450 g/mol. The third kappa shape index (κ3) is 3.46. The van der Waals surface area contributed by atoms with Crippen LogP contribution in [0.25, 0.3) is 21.6 Å². The number of carbonyl (C=O) groups is 2. The summed E-state index contributed by atoms with van der Waals surface area (Å²) in [6, 6.07) is 14.8. The molecule has 0 spiro atoms. The highest BCUT2D eigenvalue weighted by Gasteiger charge is 2.19. The maximum Gasteiger partial charge on any atom is 0.277 e. The first kappa shape index (κ1) is 20.4. The third-order valence-corrected chi connectivity index (χ3v) is 6.78. The van der Waals surface area contributed by atoms with Crippen molar-refractivity contribution < 1.29 is 14.3 Å². The van der Waals surface area contributed by atoms with Crippen LogP contribution in [0.1, 0.15) is 32.1 Å². The van der Waals surface area contributed by atoms with Crippen molar-refractivity contribution in [3.8, 4) is 16.3 Å². The summed E-state index contributed by atoms with van der Waals surface area (Å²) >= 11 is 1.42. The number of aromatic nitrogens is 4. The molecule has 0 saturated carbocycles. The number of carbonyl (C=O) groups excluding carboxylic acids is 2. The molecular formula is C25H19N5O3S. The van der Waals surface area contributed by atoms with Crippen molar-refractivity contribution >= 4 is 40.0 Å². The van der Waals surface area contributed by atoms with Gasteiger partial charge < -0.3 is 14.3 Å². The van der Waals surface area contributed by atoms with E-state index < -0.39 is 0 Å². The highest BCUT2D eigenvalue weighted by atomic mass is 32.1. The minimum atomic E-state index is -0.340. The minimum absolute atomic E-state index is 0.115. The maximum absolute atomic E-state index is 12.9. The molecule has 1 aliphatic rings. The minimum Gasteiger partial charge on any atom is -0.493 e. The van der Waals surface area contributed by atoms with Crippen LogP contribution in [0.4, 0.5) is 5.95 Å². The Morgan fingerprint density at radius 1 is 1.15 bits per heavy atom. The van der Waals surface area contributed by atoms with E-state index in [9.17, 15) is 9.59 Å². The van der Waals surface area contributed by atoms with E-state index in [4.69, 9.17) is 4.74 Å². The summed E-state index contributed by atoms with van der Waals surface area (Å²) in [6.45, 7) is 0.698. The van der Waals surface area contributed by atoms with Crippen molar-refractivity contribution in [2.45, 2.75) is 6.42 Å². The number of nitrogens with zero attached hydrogens (tertiary/aromatic N) is 3. The van der Waals surface area contributed by atoms with Crippen molar-refractivity contribution in [2.75, 3.05) is 11.9 Å². The number of ether oxygens (including phenoxy) is 1. The lowest BCUT2D eigenvalue weighted by Crippen LogP contribution is -2.15. The fourth-order valence-electron chi connectivity index (χ4n) is 4.08. The molecule has 0 unspecified atom stereocenters. The number of aryl methyl sites for hydroxylation is 1. The summed E-state index contributed by atoms with van der Waals surface area (Å²) in [7, 11) is 1.82. The molecule has 0 radical (unpaired) electrons. The average molecular weight is 470 g/mol. The fourth-order valence-corrected chi connectivity index (χ4v) is 4.87. The van der Waals surface area contributed by atoms with E-state index in [0.717, 1.165) is 33.8 Å². The monoisotopic (exact) mass is 469 g/mol. The van der Waals surface area contributed by atoms with E-state index in [-0.39, 0.29) is 11.7 Å². The molecule has 34 heavy (non-hydrogen) atoms. The van der Waals surface area contributed by atoms with Crippen LogP contribution >= 0.6 is 11.3 Å². The van der Waals surface area contributed by atoms with Crippen LogP contribution in [-0.2, 0) is 13.5 Å². The van der Waals surface area contributed by atoms with E-state index in [1.165, 1.54) is 11.3 Å². The Bertz CT molecular complexity index is 1560. The van der Waals surface area contributed by atoms with Crippen LogP contribution in [0.5, 0.6) is 5.75 Å². The molecule has 5 aromatic rings. The predicted molar refractivity (Wildman–Crippen MR) is 130 cm³/mol. The van der Waals surface area contributed by atoms with Crippen LogP contribution in [-0.4, -0.2) is 37.8 Å². The zero-order valence-electron chi connectivity index (χ0n) is 18.2. The number of hydrogen-bond donors (Lipinski definition) is 2. The molecule has 0 aliphatic carbocycles. The van der Waals surface area contributed by atoms with Crippen LogP contribution in [0.3, 0.4) is 0 Å². The average Bonchev–Trinajstić information content (AvgIpc) is 3.65. The zero-order chi connectivity index (χ0) is 23.2. The first-order valence-electron chi connectivity index (χ1n) is 10.7. The Kier molecular flexibility index (Phi) is 4.77. The Labute approximate surface area is 198 Å². The summed E-state index contributed by atoms with van der Waals surface area (Å²) in [6.07, 6.45) is 2.59. The Balaban J connectivity index is 1.24. The van der Waals surface area contributed by atoms with E-state index in [2.05, 4.69) is 26.3 Å². The van der Waals surface area contributed by atoms with Gasteiger partial charge in [0.25, 0.3) is 5.91 Å². The van der Waals surface area contributed by atoms with Gasteiger partial charge in [-0.25, -0.2) is 9.97 Å². The van der Waals surface area contributed by atoms with Gasteiger partial charge in [0.05, 0.1) is 23.3 Å². The molecule has 2 aromatic carbocycles. The lowest BCUT2D eigenvalue weighted by Gasteiger charge is -2.03. The molecule has 168 valence electrons. The molecule has 4 heterocycles.